The van der Waals surface area contributed by atoms with Crippen LogP contribution in [0.1, 0.15) is 22.3 Å². The number of para-hydroxylation sites is 1. The fraction of sp³-hybridized carbons (Fsp3) is 0.143. The summed E-state index contributed by atoms with van der Waals surface area (Å²) in [5.74, 6) is -1.00. The molecule has 0 bridgehead atoms. The SMILES string of the molecule is Cc1ccc(NC(=O)CN2C(=O)C(=C3SC(=S)N(Cc4ccccc4)C3=O)c3ccccc32)cc1C. The van der Waals surface area contributed by atoms with Crippen molar-refractivity contribution in [3.05, 3.63) is 100.0 Å². The summed E-state index contributed by atoms with van der Waals surface area (Å²) in [7, 11) is 0. The highest BCUT2D eigenvalue weighted by atomic mass is 32.2. The molecule has 6 nitrogen and oxygen atoms in total. The highest BCUT2D eigenvalue weighted by Gasteiger charge is 2.42. The van der Waals surface area contributed by atoms with E-state index in [9.17, 15) is 14.4 Å². The number of fused-ring (bicyclic) bond motifs is 1. The Morgan fingerprint density at radius 1 is 0.889 bits per heavy atom. The van der Waals surface area contributed by atoms with Gasteiger partial charge in [0, 0.05) is 11.3 Å². The number of nitrogens with one attached hydrogen (secondary N) is 1. The third-order valence-corrected chi connectivity index (χ3v) is 7.72. The van der Waals surface area contributed by atoms with Crippen molar-refractivity contribution in [1.82, 2.24) is 4.90 Å². The molecule has 0 aliphatic carbocycles. The van der Waals surface area contributed by atoms with Crippen molar-refractivity contribution in [2.24, 2.45) is 0 Å². The van der Waals surface area contributed by atoms with Gasteiger partial charge in [0.2, 0.25) is 5.91 Å². The van der Waals surface area contributed by atoms with E-state index < -0.39 is 0 Å². The van der Waals surface area contributed by atoms with Crippen LogP contribution in [-0.4, -0.2) is 33.5 Å². The number of anilines is 2. The molecule has 1 fully saturated rings. The molecule has 0 atom stereocenters. The summed E-state index contributed by atoms with van der Waals surface area (Å²) in [6.45, 7) is 4.15. The summed E-state index contributed by atoms with van der Waals surface area (Å²) in [5, 5.41) is 2.87. The maximum absolute atomic E-state index is 13.6. The Labute approximate surface area is 219 Å². The van der Waals surface area contributed by atoms with Crippen LogP contribution in [0.25, 0.3) is 5.57 Å². The number of carbonyl (C=O) groups excluding carboxylic acids is 3. The van der Waals surface area contributed by atoms with Crippen LogP contribution in [0.15, 0.2) is 77.7 Å². The fourth-order valence-electron chi connectivity index (χ4n) is 4.27. The number of nitrogens with zero attached hydrogens (tertiary/aromatic N) is 2. The molecule has 3 aromatic carbocycles. The smallest absolute Gasteiger partial charge is 0.267 e. The van der Waals surface area contributed by atoms with Gasteiger partial charge in [0.05, 0.1) is 22.7 Å². The van der Waals surface area contributed by atoms with Crippen molar-refractivity contribution in [3.8, 4) is 0 Å². The van der Waals surface area contributed by atoms with Gasteiger partial charge in [-0.1, -0.05) is 78.6 Å². The molecule has 0 aromatic heterocycles. The Hall–Kier alpha value is -3.75. The molecule has 180 valence electrons. The van der Waals surface area contributed by atoms with E-state index in [4.69, 9.17) is 12.2 Å². The van der Waals surface area contributed by atoms with Crippen LogP contribution < -0.4 is 10.2 Å². The van der Waals surface area contributed by atoms with E-state index >= 15 is 0 Å². The van der Waals surface area contributed by atoms with Gasteiger partial charge in [0.25, 0.3) is 11.8 Å². The molecule has 2 aliphatic heterocycles. The second-order valence-corrected chi connectivity index (χ2v) is 10.3. The number of amides is 3. The van der Waals surface area contributed by atoms with Crippen LogP contribution in [0.4, 0.5) is 11.4 Å². The highest BCUT2D eigenvalue weighted by Crippen LogP contribution is 2.44. The Kier molecular flexibility index (Phi) is 6.47. The summed E-state index contributed by atoms with van der Waals surface area (Å²) < 4.78 is 0.405. The average molecular weight is 514 g/mol. The number of carbonyl (C=O) groups is 3. The van der Waals surface area contributed by atoms with Crippen molar-refractivity contribution in [3.63, 3.8) is 0 Å². The maximum Gasteiger partial charge on any atom is 0.267 e. The van der Waals surface area contributed by atoms with E-state index in [1.54, 1.807) is 12.1 Å². The predicted molar refractivity (Wildman–Crippen MR) is 147 cm³/mol. The maximum atomic E-state index is 13.6. The zero-order chi connectivity index (χ0) is 25.4. The number of thiocarbonyl (C=S) groups is 1. The van der Waals surface area contributed by atoms with E-state index in [-0.39, 0.29) is 29.8 Å². The highest BCUT2D eigenvalue weighted by molar-refractivity contribution is 8.26. The summed E-state index contributed by atoms with van der Waals surface area (Å²) in [6, 6.07) is 22.5. The first-order valence-corrected chi connectivity index (χ1v) is 12.7. The van der Waals surface area contributed by atoms with Crippen LogP contribution in [-0.2, 0) is 20.9 Å². The first-order chi connectivity index (χ1) is 17.3. The van der Waals surface area contributed by atoms with Crippen LogP contribution in [0.3, 0.4) is 0 Å². The molecule has 0 saturated carbocycles. The molecular formula is C28H23N3O3S2. The lowest BCUT2D eigenvalue weighted by molar-refractivity contribution is -0.122. The molecule has 3 amide bonds. The number of hydrogen-bond donors (Lipinski definition) is 1. The summed E-state index contributed by atoms with van der Waals surface area (Å²) in [4.78, 5) is 43.1. The predicted octanol–water partition coefficient (Wildman–Crippen LogP) is 5.06. The van der Waals surface area contributed by atoms with Gasteiger partial charge in [-0.05, 0) is 48.7 Å². The van der Waals surface area contributed by atoms with Gasteiger partial charge >= 0.3 is 0 Å². The first-order valence-electron chi connectivity index (χ1n) is 11.4. The van der Waals surface area contributed by atoms with E-state index in [0.717, 1.165) is 28.5 Å². The molecule has 1 saturated heterocycles. The van der Waals surface area contributed by atoms with Crippen LogP contribution in [0.5, 0.6) is 0 Å². The van der Waals surface area contributed by atoms with Gasteiger partial charge in [0.15, 0.2) is 0 Å². The van der Waals surface area contributed by atoms with Gasteiger partial charge in [-0.15, -0.1) is 0 Å². The van der Waals surface area contributed by atoms with Crippen molar-refractivity contribution in [2.45, 2.75) is 20.4 Å². The number of hydrogen-bond acceptors (Lipinski definition) is 5. The average Bonchev–Trinajstić information content (AvgIpc) is 3.29. The quantitative estimate of drug-likeness (QED) is 0.382. The Bertz CT molecular complexity index is 1450. The van der Waals surface area contributed by atoms with Crippen molar-refractivity contribution >= 4 is 63.0 Å². The van der Waals surface area contributed by atoms with Crippen molar-refractivity contribution in [1.29, 1.82) is 0 Å². The summed E-state index contributed by atoms with van der Waals surface area (Å²) in [5.41, 5.74) is 5.33. The van der Waals surface area contributed by atoms with Gasteiger partial charge in [-0.2, -0.15) is 0 Å². The van der Waals surface area contributed by atoms with Gasteiger partial charge in [0.1, 0.15) is 10.9 Å². The second-order valence-electron chi connectivity index (χ2n) is 8.70. The first kappa shape index (κ1) is 24.0. The Balaban J connectivity index is 1.42. The number of rotatable bonds is 5. The minimum atomic E-state index is -0.383. The normalized spacial score (nSPS) is 17.1. The van der Waals surface area contributed by atoms with E-state index in [1.807, 2.05) is 74.5 Å². The van der Waals surface area contributed by atoms with Crippen LogP contribution >= 0.6 is 24.0 Å². The molecule has 1 N–H and O–H groups in total. The lowest BCUT2D eigenvalue weighted by atomic mass is 10.1. The molecular weight excluding hydrogens is 490 g/mol. The zero-order valence-corrected chi connectivity index (χ0v) is 21.4. The van der Waals surface area contributed by atoms with Gasteiger partial charge in [-0.3, -0.25) is 24.2 Å². The minimum absolute atomic E-state index is 0.170. The standard InChI is InChI=1S/C28H23N3O3S2/c1-17-12-13-20(14-18(17)2)29-23(32)16-30-22-11-7-6-10-21(22)24(26(30)33)25-27(34)31(28(35)36-25)15-19-8-4-3-5-9-19/h3-14H,15-16H2,1-2H3,(H,29,32). The third kappa shape index (κ3) is 4.45. The van der Waals surface area contributed by atoms with Gasteiger partial charge in [-0.25, -0.2) is 0 Å². The molecule has 0 radical (unpaired) electrons. The topological polar surface area (TPSA) is 69.7 Å². The molecule has 36 heavy (non-hydrogen) atoms. The van der Waals surface area contributed by atoms with E-state index in [1.165, 1.54) is 9.80 Å². The Morgan fingerprint density at radius 3 is 2.36 bits per heavy atom. The largest absolute Gasteiger partial charge is 0.325 e. The zero-order valence-electron chi connectivity index (χ0n) is 19.8. The summed E-state index contributed by atoms with van der Waals surface area (Å²) >= 11 is 6.63. The monoisotopic (exact) mass is 513 g/mol. The number of thioether (sulfide) groups is 1. The second kappa shape index (κ2) is 9.72. The molecule has 8 heteroatoms. The lowest BCUT2D eigenvalue weighted by Gasteiger charge is -2.17. The van der Waals surface area contributed by atoms with Crippen molar-refractivity contribution in [2.75, 3.05) is 16.8 Å². The molecule has 3 aromatic rings. The minimum Gasteiger partial charge on any atom is -0.325 e. The third-order valence-electron chi connectivity index (χ3n) is 6.28. The molecule has 2 heterocycles. The number of benzene rings is 3. The molecule has 2 aliphatic rings. The fourth-order valence-corrected chi connectivity index (χ4v) is 5.60. The number of aryl methyl sites for hydroxylation is 2. The molecule has 0 unspecified atom stereocenters. The molecule has 0 spiro atoms. The van der Waals surface area contributed by atoms with Crippen molar-refractivity contribution < 1.29 is 14.4 Å². The summed E-state index contributed by atoms with van der Waals surface area (Å²) in [6.07, 6.45) is 0. The van der Waals surface area contributed by atoms with E-state index in [0.29, 0.717) is 32.7 Å². The van der Waals surface area contributed by atoms with E-state index in [2.05, 4.69) is 5.32 Å². The van der Waals surface area contributed by atoms with Crippen LogP contribution in [0.2, 0.25) is 0 Å². The van der Waals surface area contributed by atoms with Crippen LogP contribution in [0, 0.1) is 13.8 Å². The lowest BCUT2D eigenvalue weighted by Crippen LogP contribution is -2.35. The van der Waals surface area contributed by atoms with Gasteiger partial charge < -0.3 is 5.32 Å². The molecule has 5 rings (SSSR count). The Morgan fingerprint density at radius 2 is 1.61 bits per heavy atom.